The molecule has 1 amide bonds. The van der Waals surface area contributed by atoms with Crippen LogP contribution >= 0.6 is 22.9 Å². The van der Waals surface area contributed by atoms with Gasteiger partial charge in [0.2, 0.25) is 5.91 Å². The predicted octanol–water partition coefficient (Wildman–Crippen LogP) is 2.77. The van der Waals surface area contributed by atoms with Crippen molar-refractivity contribution >= 4 is 28.8 Å². The molecule has 0 fully saturated rings. The Balaban J connectivity index is 2.47. The molecule has 0 aromatic carbocycles. The first-order chi connectivity index (χ1) is 7.06. The van der Waals surface area contributed by atoms with Crippen LogP contribution in [0.2, 0.25) is 0 Å². The van der Waals surface area contributed by atoms with Crippen molar-refractivity contribution in [3.05, 3.63) is 22.4 Å². The third-order valence-electron chi connectivity index (χ3n) is 2.24. The van der Waals surface area contributed by atoms with Crippen molar-refractivity contribution in [1.29, 1.82) is 0 Å². The zero-order valence-electron chi connectivity index (χ0n) is 9.05. The molecule has 0 spiro atoms. The molecular weight excluding hydrogens is 230 g/mol. The number of rotatable bonds is 5. The highest BCUT2D eigenvalue weighted by atomic mass is 35.5. The minimum Gasteiger partial charge on any atom is -0.355 e. The summed E-state index contributed by atoms with van der Waals surface area (Å²) >= 11 is 7.20. The molecule has 0 atom stereocenters. The SMILES string of the molecule is CC(C)(CNC(=O)CCCl)c1cccs1. The van der Waals surface area contributed by atoms with Crippen LogP contribution in [0.25, 0.3) is 0 Å². The number of halogens is 1. The summed E-state index contributed by atoms with van der Waals surface area (Å²) in [7, 11) is 0. The van der Waals surface area contributed by atoms with Gasteiger partial charge in [0.15, 0.2) is 0 Å². The van der Waals surface area contributed by atoms with Gasteiger partial charge in [-0.05, 0) is 11.4 Å². The fraction of sp³-hybridized carbons (Fsp3) is 0.545. The summed E-state index contributed by atoms with van der Waals surface area (Å²) in [4.78, 5) is 12.6. The Morgan fingerprint density at radius 1 is 1.60 bits per heavy atom. The number of carbonyl (C=O) groups excluding carboxylic acids is 1. The van der Waals surface area contributed by atoms with Gasteiger partial charge in [0.25, 0.3) is 0 Å². The van der Waals surface area contributed by atoms with Gasteiger partial charge in [-0.25, -0.2) is 0 Å². The van der Waals surface area contributed by atoms with E-state index < -0.39 is 0 Å². The fourth-order valence-corrected chi connectivity index (χ4v) is 2.27. The lowest BCUT2D eigenvalue weighted by Gasteiger charge is -2.23. The van der Waals surface area contributed by atoms with Crippen molar-refractivity contribution in [2.45, 2.75) is 25.7 Å². The van der Waals surface area contributed by atoms with Gasteiger partial charge in [-0.3, -0.25) is 4.79 Å². The van der Waals surface area contributed by atoms with E-state index in [-0.39, 0.29) is 11.3 Å². The summed E-state index contributed by atoms with van der Waals surface area (Å²) in [6.45, 7) is 4.91. The highest BCUT2D eigenvalue weighted by molar-refractivity contribution is 7.10. The minimum atomic E-state index is -0.00383. The molecule has 15 heavy (non-hydrogen) atoms. The normalized spacial score (nSPS) is 11.4. The van der Waals surface area contributed by atoms with E-state index in [1.165, 1.54) is 4.88 Å². The van der Waals surface area contributed by atoms with Gasteiger partial charge in [0.1, 0.15) is 0 Å². The van der Waals surface area contributed by atoms with Crippen LogP contribution in [-0.2, 0) is 10.2 Å². The van der Waals surface area contributed by atoms with Crippen molar-refractivity contribution in [1.82, 2.24) is 5.32 Å². The molecule has 2 nitrogen and oxygen atoms in total. The van der Waals surface area contributed by atoms with Gasteiger partial charge in [-0.1, -0.05) is 19.9 Å². The van der Waals surface area contributed by atoms with Crippen LogP contribution in [0.4, 0.5) is 0 Å². The molecule has 0 aliphatic heterocycles. The molecule has 0 saturated carbocycles. The highest BCUT2D eigenvalue weighted by Gasteiger charge is 2.22. The number of carbonyl (C=O) groups is 1. The Labute approximate surface area is 99.6 Å². The molecule has 1 N–H and O–H groups in total. The van der Waals surface area contributed by atoms with E-state index in [9.17, 15) is 4.79 Å². The standard InChI is InChI=1S/C11H16ClNOS/c1-11(2,9-4-3-7-15-9)8-13-10(14)5-6-12/h3-4,7H,5-6,8H2,1-2H3,(H,13,14). The second-order valence-corrected chi connectivity index (χ2v) is 5.40. The summed E-state index contributed by atoms with van der Waals surface area (Å²) in [6, 6.07) is 4.13. The average Bonchev–Trinajstić information content (AvgIpc) is 2.69. The first-order valence-corrected chi connectivity index (χ1v) is 6.34. The molecule has 0 saturated heterocycles. The third-order valence-corrected chi connectivity index (χ3v) is 3.66. The van der Waals surface area contributed by atoms with Crippen molar-refractivity contribution in [2.75, 3.05) is 12.4 Å². The topological polar surface area (TPSA) is 29.1 Å². The quantitative estimate of drug-likeness (QED) is 0.795. The van der Waals surface area contributed by atoms with Gasteiger partial charge in [0.05, 0.1) is 0 Å². The van der Waals surface area contributed by atoms with Crippen LogP contribution in [0.3, 0.4) is 0 Å². The number of nitrogens with one attached hydrogen (secondary N) is 1. The molecular formula is C11H16ClNOS. The second kappa shape index (κ2) is 5.52. The lowest BCUT2D eigenvalue weighted by Crippen LogP contribution is -2.36. The number of alkyl halides is 1. The lowest BCUT2D eigenvalue weighted by atomic mass is 9.91. The Morgan fingerprint density at radius 3 is 2.87 bits per heavy atom. The zero-order chi connectivity index (χ0) is 11.3. The zero-order valence-corrected chi connectivity index (χ0v) is 10.6. The highest BCUT2D eigenvalue weighted by Crippen LogP contribution is 2.26. The maximum absolute atomic E-state index is 11.3. The Morgan fingerprint density at radius 2 is 2.33 bits per heavy atom. The van der Waals surface area contributed by atoms with E-state index in [1.54, 1.807) is 11.3 Å². The fourth-order valence-electron chi connectivity index (χ4n) is 1.24. The average molecular weight is 246 g/mol. The molecule has 0 aliphatic rings. The number of hydrogen-bond acceptors (Lipinski definition) is 2. The number of hydrogen-bond donors (Lipinski definition) is 1. The van der Waals surface area contributed by atoms with Crippen LogP contribution in [0, 0.1) is 0 Å². The van der Waals surface area contributed by atoms with E-state index in [0.29, 0.717) is 18.8 Å². The van der Waals surface area contributed by atoms with E-state index >= 15 is 0 Å². The first-order valence-electron chi connectivity index (χ1n) is 4.93. The first kappa shape index (κ1) is 12.5. The maximum atomic E-state index is 11.3. The summed E-state index contributed by atoms with van der Waals surface area (Å²) in [5.41, 5.74) is -0.00383. The molecule has 0 bridgehead atoms. The Bertz CT molecular complexity index is 308. The summed E-state index contributed by atoms with van der Waals surface area (Å²) < 4.78 is 0. The summed E-state index contributed by atoms with van der Waals surface area (Å²) in [5.74, 6) is 0.403. The van der Waals surface area contributed by atoms with Crippen molar-refractivity contribution in [3.8, 4) is 0 Å². The van der Waals surface area contributed by atoms with Crippen molar-refractivity contribution < 1.29 is 4.79 Å². The largest absolute Gasteiger partial charge is 0.355 e. The minimum absolute atomic E-state index is 0.00383. The lowest BCUT2D eigenvalue weighted by molar-refractivity contribution is -0.120. The van der Waals surface area contributed by atoms with Crippen LogP contribution in [0.1, 0.15) is 25.1 Å². The van der Waals surface area contributed by atoms with Crippen LogP contribution < -0.4 is 5.32 Å². The molecule has 84 valence electrons. The third kappa shape index (κ3) is 3.84. The molecule has 0 aliphatic carbocycles. The van der Waals surface area contributed by atoms with E-state index in [4.69, 9.17) is 11.6 Å². The van der Waals surface area contributed by atoms with Crippen molar-refractivity contribution in [3.63, 3.8) is 0 Å². The van der Waals surface area contributed by atoms with E-state index in [2.05, 4.69) is 30.6 Å². The summed E-state index contributed by atoms with van der Waals surface area (Å²) in [5, 5.41) is 4.95. The summed E-state index contributed by atoms with van der Waals surface area (Å²) in [6.07, 6.45) is 0.391. The molecule has 0 unspecified atom stereocenters. The molecule has 4 heteroatoms. The van der Waals surface area contributed by atoms with E-state index in [1.807, 2.05) is 6.07 Å². The number of thiophene rings is 1. The van der Waals surface area contributed by atoms with Gasteiger partial charge in [-0.15, -0.1) is 22.9 Å². The smallest absolute Gasteiger partial charge is 0.221 e. The van der Waals surface area contributed by atoms with Gasteiger partial charge < -0.3 is 5.32 Å². The second-order valence-electron chi connectivity index (χ2n) is 4.08. The monoisotopic (exact) mass is 245 g/mol. The molecule has 1 heterocycles. The predicted molar refractivity (Wildman–Crippen MR) is 65.7 cm³/mol. The van der Waals surface area contributed by atoms with Gasteiger partial charge in [-0.2, -0.15) is 0 Å². The maximum Gasteiger partial charge on any atom is 0.221 e. The molecule has 1 rings (SSSR count). The number of amides is 1. The Kier molecular flexibility index (Phi) is 4.61. The van der Waals surface area contributed by atoms with E-state index in [0.717, 1.165) is 0 Å². The van der Waals surface area contributed by atoms with Gasteiger partial charge in [0, 0.05) is 29.1 Å². The van der Waals surface area contributed by atoms with Crippen molar-refractivity contribution in [2.24, 2.45) is 0 Å². The molecule has 1 aromatic rings. The molecule has 0 radical (unpaired) electrons. The molecule has 1 aromatic heterocycles. The van der Waals surface area contributed by atoms with Gasteiger partial charge >= 0.3 is 0 Å². The Hall–Kier alpha value is -0.540. The van der Waals surface area contributed by atoms with Crippen LogP contribution in [0.15, 0.2) is 17.5 Å². The van der Waals surface area contributed by atoms with Crippen LogP contribution in [0.5, 0.6) is 0 Å². The van der Waals surface area contributed by atoms with Crippen LogP contribution in [-0.4, -0.2) is 18.3 Å².